The number of carbonyl (C=O) groups excluding carboxylic acids is 2. The average Bonchev–Trinajstić information content (AvgIpc) is 3.57. The minimum Gasteiger partial charge on any atom is -0.357 e. The molecule has 1 atom stereocenters. The van der Waals surface area contributed by atoms with E-state index in [-0.39, 0.29) is 23.4 Å². The topological polar surface area (TPSA) is 77.2 Å². The number of carbonyl (C=O) groups is 2. The molecule has 184 valence electrons. The summed E-state index contributed by atoms with van der Waals surface area (Å²) in [5, 5.41) is 6.10. The van der Waals surface area contributed by atoms with Crippen LogP contribution in [0, 0.1) is 11.6 Å². The van der Waals surface area contributed by atoms with Gasteiger partial charge in [-0.25, -0.2) is 8.78 Å². The lowest BCUT2D eigenvalue weighted by molar-refractivity contribution is -0.120. The molecule has 0 spiro atoms. The van der Waals surface area contributed by atoms with Crippen LogP contribution >= 0.6 is 0 Å². The maximum absolute atomic E-state index is 14.7. The van der Waals surface area contributed by atoms with Crippen LogP contribution in [0.2, 0.25) is 0 Å². The van der Waals surface area contributed by atoms with Gasteiger partial charge in [0.1, 0.15) is 11.6 Å². The summed E-state index contributed by atoms with van der Waals surface area (Å²) in [6.45, 7) is 1.50. The van der Waals surface area contributed by atoms with E-state index >= 15 is 0 Å². The fourth-order valence-electron chi connectivity index (χ4n) is 5.53. The highest BCUT2D eigenvalue weighted by Crippen LogP contribution is 2.42. The lowest BCUT2D eigenvalue weighted by atomic mass is 9.93. The van der Waals surface area contributed by atoms with Crippen molar-refractivity contribution in [2.75, 3.05) is 23.3 Å². The quantitative estimate of drug-likeness (QED) is 0.460. The fraction of sp³-hybridized carbons (Fsp3) is 0.286. The molecule has 0 saturated carbocycles. The molecule has 8 heteroatoms. The van der Waals surface area contributed by atoms with Gasteiger partial charge in [0.25, 0.3) is 5.91 Å². The van der Waals surface area contributed by atoms with Crippen LogP contribution < -0.4 is 15.5 Å². The van der Waals surface area contributed by atoms with Gasteiger partial charge in [0.2, 0.25) is 5.91 Å². The van der Waals surface area contributed by atoms with Crippen LogP contribution in [0.4, 0.5) is 20.2 Å². The second-order valence-electron chi connectivity index (χ2n) is 9.52. The first-order chi connectivity index (χ1) is 17.5. The molecule has 3 N–H and O–H groups in total. The first-order valence-corrected chi connectivity index (χ1v) is 12.4. The highest BCUT2D eigenvalue weighted by atomic mass is 19.1. The van der Waals surface area contributed by atoms with Crippen molar-refractivity contribution in [3.8, 4) is 11.1 Å². The number of anilines is 2. The Balaban J connectivity index is 1.42. The van der Waals surface area contributed by atoms with E-state index in [1.165, 1.54) is 18.2 Å². The fourth-order valence-corrected chi connectivity index (χ4v) is 5.53. The molecule has 0 aliphatic carbocycles. The Morgan fingerprint density at radius 1 is 1.03 bits per heavy atom. The maximum Gasteiger partial charge on any atom is 0.256 e. The summed E-state index contributed by atoms with van der Waals surface area (Å²) in [6, 6.07) is 10.5. The lowest BCUT2D eigenvalue weighted by Gasteiger charge is -2.24. The minimum atomic E-state index is -0.691. The van der Waals surface area contributed by atoms with Crippen molar-refractivity contribution >= 4 is 34.8 Å². The number of nitrogens with zero attached hydrogens (tertiary/aromatic N) is 1. The van der Waals surface area contributed by atoms with Crippen LogP contribution in [0.1, 0.15) is 42.6 Å². The first kappa shape index (κ1) is 22.7. The molecule has 3 aliphatic heterocycles. The van der Waals surface area contributed by atoms with Gasteiger partial charge >= 0.3 is 0 Å². The predicted molar refractivity (Wildman–Crippen MR) is 135 cm³/mol. The third-order valence-electron chi connectivity index (χ3n) is 7.23. The van der Waals surface area contributed by atoms with Crippen LogP contribution in [-0.4, -0.2) is 35.9 Å². The van der Waals surface area contributed by atoms with Crippen molar-refractivity contribution in [3.63, 3.8) is 0 Å². The predicted octanol–water partition coefficient (Wildman–Crippen LogP) is 4.87. The molecule has 3 aliphatic rings. The summed E-state index contributed by atoms with van der Waals surface area (Å²) in [7, 11) is 0. The van der Waals surface area contributed by atoms with E-state index in [0.29, 0.717) is 34.6 Å². The maximum atomic E-state index is 14.7. The second-order valence-corrected chi connectivity index (χ2v) is 9.52. The van der Waals surface area contributed by atoms with Crippen LogP contribution in [0.15, 0.2) is 42.5 Å². The van der Waals surface area contributed by atoms with Gasteiger partial charge in [-0.2, -0.15) is 0 Å². The molecule has 4 heterocycles. The molecule has 2 amide bonds. The number of aromatic amines is 1. The van der Waals surface area contributed by atoms with Crippen molar-refractivity contribution in [1.82, 2.24) is 10.3 Å². The smallest absolute Gasteiger partial charge is 0.256 e. The van der Waals surface area contributed by atoms with Gasteiger partial charge in [-0.15, -0.1) is 0 Å². The van der Waals surface area contributed by atoms with Crippen molar-refractivity contribution in [3.05, 3.63) is 71.1 Å². The van der Waals surface area contributed by atoms with Gasteiger partial charge in [-0.1, -0.05) is 18.2 Å². The Hall–Kier alpha value is -3.78. The number of amides is 2. The van der Waals surface area contributed by atoms with Gasteiger partial charge < -0.3 is 20.5 Å². The first-order valence-electron chi connectivity index (χ1n) is 12.4. The number of H-pyrrole nitrogens is 1. The molecule has 2 aromatic carbocycles. The van der Waals surface area contributed by atoms with E-state index in [2.05, 4.69) is 15.6 Å². The summed E-state index contributed by atoms with van der Waals surface area (Å²) < 4.78 is 29.4. The number of nitrogens with one attached hydrogen (secondary N) is 3. The summed E-state index contributed by atoms with van der Waals surface area (Å²) in [6.07, 6.45) is 6.19. The minimum absolute atomic E-state index is 0.0788. The van der Waals surface area contributed by atoms with Gasteiger partial charge in [0, 0.05) is 29.2 Å². The number of rotatable bonds is 3. The van der Waals surface area contributed by atoms with Crippen molar-refractivity contribution in [1.29, 1.82) is 0 Å². The Labute approximate surface area is 207 Å². The van der Waals surface area contributed by atoms with Crippen molar-refractivity contribution < 1.29 is 18.4 Å². The van der Waals surface area contributed by atoms with Crippen molar-refractivity contribution in [2.45, 2.75) is 38.1 Å². The average molecular weight is 489 g/mol. The Bertz CT molecular complexity index is 1380. The van der Waals surface area contributed by atoms with Gasteiger partial charge in [0.05, 0.1) is 22.9 Å². The van der Waals surface area contributed by atoms with Gasteiger partial charge in [0.15, 0.2) is 0 Å². The van der Waals surface area contributed by atoms with E-state index in [1.54, 1.807) is 24.3 Å². The largest absolute Gasteiger partial charge is 0.357 e. The molecule has 1 aromatic heterocycles. The summed E-state index contributed by atoms with van der Waals surface area (Å²) in [5.41, 5.74) is 3.88. The molecule has 3 aromatic rings. The van der Waals surface area contributed by atoms with Crippen LogP contribution in [-0.2, 0) is 16.0 Å². The standard InChI is InChI=1S/C28H26F2N4O2/c29-19-7-4-8-20(30)26(19)17-6-3-10-22-25(17)18(27(35)33-22)14-16-15-24-21(32-16)9-1-2-13-34(24)28(36)23-11-5-12-31-23/h3-4,6-8,10,14-15,23,31-32H,1-2,5,9,11-13H2,(H,33,35). The Morgan fingerprint density at radius 2 is 1.83 bits per heavy atom. The van der Waals surface area contributed by atoms with Crippen LogP contribution in [0.25, 0.3) is 22.8 Å². The molecule has 0 radical (unpaired) electrons. The Kier molecular flexibility index (Phi) is 5.68. The zero-order chi connectivity index (χ0) is 24.8. The van der Waals surface area contributed by atoms with E-state index in [4.69, 9.17) is 0 Å². The van der Waals surface area contributed by atoms with E-state index < -0.39 is 11.6 Å². The number of aromatic nitrogens is 1. The van der Waals surface area contributed by atoms with Gasteiger partial charge in [-0.3, -0.25) is 9.59 Å². The highest BCUT2D eigenvalue weighted by Gasteiger charge is 2.32. The molecule has 6 rings (SSSR count). The SMILES string of the molecule is O=C1Nc2cccc(-c3c(F)cccc3F)c2C1=Cc1cc2c([nH]1)CCCCN2C(=O)C1CCCN1. The normalized spacial score (nSPS) is 20.3. The number of aryl methyl sites for hydroxylation is 1. The summed E-state index contributed by atoms with van der Waals surface area (Å²) in [5.74, 6) is -1.65. The van der Waals surface area contributed by atoms with Crippen LogP contribution in [0.5, 0.6) is 0 Å². The van der Waals surface area contributed by atoms with Crippen LogP contribution in [0.3, 0.4) is 0 Å². The number of hydrogen-bond donors (Lipinski definition) is 3. The molecule has 0 bridgehead atoms. The number of halogens is 2. The molecular weight excluding hydrogens is 462 g/mol. The number of hydrogen-bond acceptors (Lipinski definition) is 3. The van der Waals surface area contributed by atoms with E-state index in [1.807, 2.05) is 11.0 Å². The second kappa shape index (κ2) is 9.02. The third kappa shape index (κ3) is 3.82. The van der Waals surface area contributed by atoms with Gasteiger partial charge in [-0.05, 0) is 74.6 Å². The molecule has 1 saturated heterocycles. The Morgan fingerprint density at radius 3 is 2.61 bits per heavy atom. The monoisotopic (exact) mass is 488 g/mol. The molecule has 36 heavy (non-hydrogen) atoms. The highest BCUT2D eigenvalue weighted by molar-refractivity contribution is 6.36. The summed E-state index contributed by atoms with van der Waals surface area (Å²) in [4.78, 5) is 31.5. The zero-order valence-electron chi connectivity index (χ0n) is 19.7. The zero-order valence-corrected chi connectivity index (χ0v) is 19.7. The number of fused-ring (bicyclic) bond motifs is 2. The molecular formula is C28H26F2N4O2. The molecule has 1 unspecified atom stereocenters. The molecule has 6 nitrogen and oxygen atoms in total. The summed E-state index contributed by atoms with van der Waals surface area (Å²) >= 11 is 0. The van der Waals surface area contributed by atoms with Crippen molar-refractivity contribution in [2.24, 2.45) is 0 Å². The number of benzene rings is 2. The third-order valence-corrected chi connectivity index (χ3v) is 7.23. The molecule has 1 fully saturated rings. The van der Waals surface area contributed by atoms with E-state index in [0.717, 1.165) is 50.0 Å². The van der Waals surface area contributed by atoms with E-state index in [9.17, 15) is 18.4 Å². The lowest BCUT2D eigenvalue weighted by Crippen LogP contribution is -2.44.